The Labute approximate surface area is 179 Å². The quantitative estimate of drug-likeness (QED) is 0.290. The molecule has 2 aromatic carbocycles. The second-order valence-electron chi connectivity index (χ2n) is 6.64. The van der Waals surface area contributed by atoms with Gasteiger partial charge >= 0.3 is 0 Å². The first-order chi connectivity index (χ1) is 14.6. The molecule has 0 aliphatic rings. The monoisotopic (exact) mass is 436 g/mol. The van der Waals surface area contributed by atoms with Crippen LogP contribution in [0.3, 0.4) is 0 Å². The van der Waals surface area contributed by atoms with Gasteiger partial charge in [-0.25, -0.2) is 14.4 Å². The Balaban J connectivity index is 1.62. The Morgan fingerprint density at radius 1 is 1.03 bits per heavy atom. The van der Waals surface area contributed by atoms with Crippen LogP contribution >= 0.6 is 23.4 Å². The molecule has 0 unspecified atom stereocenters. The van der Waals surface area contributed by atoms with E-state index in [0.717, 1.165) is 11.3 Å². The van der Waals surface area contributed by atoms with Crippen LogP contribution < -0.4 is 5.56 Å². The number of benzene rings is 2. The molecule has 0 aliphatic carbocycles. The topological polar surface area (TPSA) is 52.2 Å². The van der Waals surface area contributed by atoms with Gasteiger partial charge in [0.05, 0.1) is 27.3 Å². The van der Waals surface area contributed by atoms with Gasteiger partial charge in [-0.05, 0) is 42.5 Å². The normalized spacial score (nSPS) is 11.4. The largest absolute Gasteiger partial charge is 0.307 e. The summed E-state index contributed by atoms with van der Waals surface area (Å²) in [5, 5.41) is 0.914. The molecule has 148 valence electrons. The second kappa shape index (κ2) is 7.59. The fraction of sp³-hybridized carbons (Fsp3) is 0.0455. The molecule has 30 heavy (non-hydrogen) atoms. The number of nitrogens with zero attached hydrogens (tertiary/aromatic N) is 4. The average Bonchev–Trinajstić information content (AvgIpc) is 3.18. The van der Waals surface area contributed by atoms with Crippen molar-refractivity contribution >= 4 is 39.9 Å². The van der Waals surface area contributed by atoms with Crippen LogP contribution in [0.25, 0.3) is 22.2 Å². The molecule has 0 N–H and O–H groups in total. The molecule has 0 atom stereocenters. The van der Waals surface area contributed by atoms with Crippen molar-refractivity contribution in [2.24, 2.45) is 0 Å². The number of thioether (sulfide) groups is 1. The summed E-state index contributed by atoms with van der Waals surface area (Å²) in [4.78, 5) is 22.5. The van der Waals surface area contributed by atoms with E-state index in [1.54, 1.807) is 18.2 Å². The van der Waals surface area contributed by atoms with Crippen LogP contribution in [0.2, 0.25) is 5.02 Å². The van der Waals surface area contributed by atoms with Crippen molar-refractivity contribution in [3.8, 4) is 5.69 Å². The van der Waals surface area contributed by atoms with Crippen LogP contribution in [-0.4, -0.2) is 18.9 Å². The Kier molecular flexibility index (Phi) is 4.77. The van der Waals surface area contributed by atoms with E-state index in [1.807, 2.05) is 41.1 Å². The van der Waals surface area contributed by atoms with E-state index < -0.39 is 5.82 Å². The third-order valence-electron chi connectivity index (χ3n) is 4.67. The van der Waals surface area contributed by atoms with Crippen LogP contribution in [-0.2, 0) is 5.75 Å². The molecule has 3 heterocycles. The van der Waals surface area contributed by atoms with Crippen molar-refractivity contribution in [3.63, 3.8) is 0 Å². The zero-order valence-electron chi connectivity index (χ0n) is 15.5. The van der Waals surface area contributed by atoms with Crippen molar-refractivity contribution in [3.05, 3.63) is 99.9 Å². The number of imidazole rings is 1. The summed E-state index contributed by atoms with van der Waals surface area (Å²) >= 11 is 7.36. The van der Waals surface area contributed by atoms with Crippen LogP contribution in [0, 0.1) is 5.82 Å². The molecule has 0 amide bonds. The maximum Gasteiger partial charge on any atom is 0.266 e. The predicted molar refractivity (Wildman–Crippen MR) is 117 cm³/mol. The number of pyridine rings is 1. The lowest BCUT2D eigenvalue weighted by atomic mass is 10.2. The molecular formula is C22H14ClFN4OS. The van der Waals surface area contributed by atoms with Crippen molar-refractivity contribution in [2.75, 3.05) is 0 Å². The first-order valence-corrected chi connectivity index (χ1v) is 10.5. The van der Waals surface area contributed by atoms with Gasteiger partial charge in [-0.1, -0.05) is 41.6 Å². The zero-order valence-corrected chi connectivity index (χ0v) is 17.1. The number of hydrogen-bond donors (Lipinski definition) is 0. The molecule has 3 aromatic heterocycles. The maximum absolute atomic E-state index is 13.7. The SMILES string of the molecule is O=c1c2ccccc2nc(SCc2cn3ccccc3n2)n1-c1ccc(F)c(Cl)c1. The number of hydrogen-bond acceptors (Lipinski definition) is 4. The molecule has 0 radical (unpaired) electrons. The lowest BCUT2D eigenvalue weighted by molar-refractivity contribution is 0.627. The molecule has 8 heteroatoms. The maximum atomic E-state index is 13.7. The first kappa shape index (κ1) is 18.8. The van der Waals surface area contributed by atoms with Crippen LogP contribution in [0.5, 0.6) is 0 Å². The smallest absolute Gasteiger partial charge is 0.266 e. The molecule has 5 aromatic rings. The van der Waals surface area contributed by atoms with Crippen molar-refractivity contribution in [2.45, 2.75) is 10.9 Å². The van der Waals surface area contributed by atoms with Gasteiger partial charge in [0.25, 0.3) is 5.56 Å². The third kappa shape index (κ3) is 3.36. The fourth-order valence-corrected chi connectivity index (χ4v) is 4.33. The zero-order chi connectivity index (χ0) is 20.7. The lowest BCUT2D eigenvalue weighted by Gasteiger charge is -2.13. The molecule has 0 spiro atoms. The molecule has 0 aliphatic heterocycles. The first-order valence-electron chi connectivity index (χ1n) is 9.13. The van der Waals surface area contributed by atoms with Gasteiger partial charge in [0.2, 0.25) is 0 Å². The van der Waals surface area contributed by atoms with E-state index in [9.17, 15) is 9.18 Å². The van der Waals surface area contributed by atoms with Crippen molar-refractivity contribution in [1.82, 2.24) is 18.9 Å². The molecule has 0 bridgehead atoms. The highest BCUT2D eigenvalue weighted by Gasteiger charge is 2.15. The summed E-state index contributed by atoms with van der Waals surface area (Å²) in [5.41, 5.74) is 2.53. The van der Waals surface area contributed by atoms with Gasteiger partial charge in [0.15, 0.2) is 5.16 Å². The van der Waals surface area contributed by atoms with Gasteiger partial charge in [-0.15, -0.1) is 0 Å². The minimum Gasteiger partial charge on any atom is -0.307 e. The van der Waals surface area contributed by atoms with Crippen molar-refractivity contribution in [1.29, 1.82) is 0 Å². The summed E-state index contributed by atoms with van der Waals surface area (Å²) < 4.78 is 17.1. The molecule has 0 saturated carbocycles. The Bertz CT molecular complexity index is 1430. The Hall–Kier alpha value is -3.16. The second-order valence-corrected chi connectivity index (χ2v) is 7.99. The number of aromatic nitrogens is 4. The lowest BCUT2D eigenvalue weighted by Crippen LogP contribution is -2.21. The summed E-state index contributed by atoms with van der Waals surface area (Å²) in [5.74, 6) is -0.0254. The predicted octanol–water partition coefficient (Wildman–Crippen LogP) is 5.12. The Morgan fingerprint density at radius 2 is 1.87 bits per heavy atom. The van der Waals surface area contributed by atoms with Crippen LogP contribution in [0.15, 0.2) is 83.0 Å². The number of halogens is 2. The standard InChI is InChI=1S/C22H14ClFN4OS/c23-17-11-15(8-9-18(17)24)28-21(29)16-5-1-2-6-19(16)26-22(28)30-13-14-12-27-10-4-3-7-20(27)25-14/h1-12H,13H2. The van der Waals surface area contributed by atoms with Gasteiger partial charge in [0.1, 0.15) is 11.5 Å². The molecule has 5 rings (SSSR count). The number of rotatable bonds is 4. The summed E-state index contributed by atoms with van der Waals surface area (Å²) in [6, 6.07) is 17.1. The fourth-order valence-electron chi connectivity index (χ4n) is 3.26. The number of para-hydroxylation sites is 1. The molecular weight excluding hydrogens is 423 g/mol. The van der Waals surface area contributed by atoms with E-state index in [0.29, 0.717) is 27.5 Å². The van der Waals surface area contributed by atoms with Gasteiger partial charge in [0, 0.05) is 18.1 Å². The van der Waals surface area contributed by atoms with Crippen LogP contribution in [0.1, 0.15) is 5.69 Å². The summed E-state index contributed by atoms with van der Waals surface area (Å²) in [6.07, 6.45) is 3.88. The average molecular weight is 437 g/mol. The minimum absolute atomic E-state index is 0.0520. The highest BCUT2D eigenvalue weighted by Crippen LogP contribution is 2.26. The Morgan fingerprint density at radius 3 is 2.70 bits per heavy atom. The van der Waals surface area contributed by atoms with E-state index >= 15 is 0 Å². The van der Waals surface area contributed by atoms with Gasteiger partial charge in [-0.2, -0.15) is 0 Å². The van der Waals surface area contributed by atoms with Gasteiger partial charge < -0.3 is 4.40 Å². The van der Waals surface area contributed by atoms with E-state index in [2.05, 4.69) is 9.97 Å². The van der Waals surface area contributed by atoms with Crippen molar-refractivity contribution < 1.29 is 4.39 Å². The highest BCUT2D eigenvalue weighted by molar-refractivity contribution is 7.98. The number of fused-ring (bicyclic) bond motifs is 2. The molecule has 5 nitrogen and oxygen atoms in total. The minimum atomic E-state index is -0.541. The summed E-state index contributed by atoms with van der Waals surface area (Å²) in [6.45, 7) is 0. The molecule has 0 fully saturated rings. The summed E-state index contributed by atoms with van der Waals surface area (Å²) in [7, 11) is 0. The van der Waals surface area contributed by atoms with E-state index in [4.69, 9.17) is 11.6 Å². The van der Waals surface area contributed by atoms with E-state index in [-0.39, 0.29) is 10.6 Å². The van der Waals surface area contributed by atoms with Crippen LogP contribution in [0.4, 0.5) is 4.39 Å². The third-order valence-corrected chi connectivity index (χ3v) is 5.93. The van der Waals surface area contributed by atoms with Gasteiger partial charge in [-0.3, -0.25) is 9.36 Å². The molecule has 0 saturated heterocycles. The highest BCUT2D eigenvalue weighted by atomic mass is 35.5. The van der Waals surface area contributed by atoms with E-state index in [1.165, 1.54) is 34.5 Å².